The Morgan fingerprint density at radius 2 is 2.35 bits per heavy atom. The van der Waals surface area contributed by atoms with Crippen molar-refractivity contribution in [3.05, 3.63) is 34.4 Å². The second kappa shape index (κ2) is 5.22. The zero-order chi connectivity index (χ0) is 12.3. The highest BCUT2D eigenvalue weighted by Crippen LogP contribution is 2.17. The molecule has 0 fully saturated rings. The van der Waals surface area contributed by atoms with Gasteiger partial charge in [-0.1, -0.05) is 5.21 Å². The summed E-state index contributed by atoms with van der Waals surface area (Å²) in [5.74, 6) is -0.490. The van der Waals surface area contributed by atoms with E-state index in [9.17, 15) is 4.39 Å². The number of hydrogen-bond donors (Lipinski definition) is 0. The predicted octanol–water partition coefficient (Wildman–Crippen LogP) is 1.73. The van der Waals surface area contributed by atoms with Gasteiger partial charge in [0, 0.05) is 30.3 Å². The summed E-state index contributed by atoms with van der Waals surface area (Å²) in [6.07, 6.45) is 3.83. The third-order valence-corrected chi connectivity index (χ3v) is 2.45. The Balaban J connectivity index is 1.90. The number of rotatable bonds is 4. The maximum absolute atomic E-state index is 13.3. The van der Waals surface area contributed by atoms with E-state index < -0.39 is 5.82 Å². The molecule has 0 aliphatic heterocycles. The molecule has 2 aromatic heterocycles. The Kier molecular flexibility index (Phi) is 3.68. The van der Waals surface area contributed by atoms with Crippen LogP contribution < -0.4 is 4.74 Å². The number of ether oxygens (including phenoxy) is 1. The number of hydrogen-bond acceptors (Lipinski definition) is 4. The molecule has 90 valence electrons. The average Bonchev–Trinajstić information content (AvgIpc) is 2.68. The highest BCUT2D eigenvalue weighted by molar-refractivity contribution is 9.10. The van der Waals surface area contributed by atoms with E-state index in [1.54, 1.807) is 17.9 Å². The van der Waals surface area contributed by atoms with Crippen molar-refractivity contribution in [1.82, 2.24) is 20.0 Å². The van der Waals surface area contributed by atoms with E-state index in [-0.39, 0.29) is 5.88 Å². The molecule has 0 saturated carbocycles. The molecule has 0 saturated heterocycles. The van der Waals surface area contributed by atoms with Gasteiger partial charge in [0.25, 0.3) is 0 Å². The molecule has 2 aromatic rings. The van der Waals surface area contributed by atoms with Crippen molar-refractivity contribution in [2.24, 2.45) is 7.05 Å². The molecule has 7 heteroatoms. The quantitative estimate of drug-likeness (QED) is 0.863. The fourth-order valence-corrected chi connectivity index (χ4v) is 1.57. The highest BCUT2D eigenvalue weighted by Gasteiger charge is 2.06. The fourth-order valence-electron chi connectivity index (χ4n) is 1.27. The molecule has 0 unspecified atom stereocenters. The lowest BCUT2D eigenvalue weighted by Gasteiger charge is -2.04. The summed E-state index contributed by atoms with van der Waals surface area (Å²) < 4.78 is 20.7. The van der Waals surface area contributed by atoms with E-state index in [4.69, 9.17) is 4.74 Å². The third-order valence-electron chi connectivity index (χ3n) is 2.02. The summed E-state index contributed by atoms with van der Waals surface area (Å²) >= 11 is 3.12. The van der Waals surface area contributed by atoms with E-state index in [0.29, 0.717) is 17.5 Å². The van der Waals surface area contributed by atoms with Crippen LogP contribution in [0.15, 0.2) is 22.9 Å². The molecular weight excluding hydrogens is 291 g/mol. The highest BCUT2D eigenvalue weighted by atomic mass is 79.9. The molecule has 0 amide bonds. The largest absolute Gasteiger partial charge is 0.475 e. The first-order chi connectivity index (χ1) is 8.15. The minimum Gasteiger partial charge on any atom is -0.475 e. The summed E-state index contributed by atoms with van der Waals surface area (Å²) in [6.45, 7) is 0.310. The van der Waals surface area contributed by atoms with Gasteiger partial charge in [-0.2, -0.15) is 0 Å². The van der Waals surface area contributed by atoms with Crippen LogP contribution >= 0.6 is 15.9 Å². The van der Waals surface area contributed by atoms with Crippen molar-refractivity contribution >= 4 is 15.9 Å². The molecule has 0 aliphatic carbocycles. The van der Waals surface area contributed by atoms with Gasteiger partial charge < -0.3 is 4.74 Å². The standard InChI is InChI=1S/C10H10BrFN4O/c1-16-6-8(14-15-16)2-3-17-10-9(12)4-7(11)5-13-10/h4-6H,2-3H2,1H3. The molecule has 0 atom stereocenters. The first-order valence-electron chi connectivity index (χ1n) is 4.94. The van der Waals surface area contributed by atoms with Gasteiger partial charge in [-0.25, -0.2) is 9.37 Å². The molecule has 0 radical (unpaired) electrons. The molecule has 0 aromatic carbocycles. The van der Waals surface area contributed by atoms with Crippen LogP contribution in [0.3, 0.4) is 0 Å². The van der Waals surface area contributed by atoms with Crippen LogP contribution in [0.4, 0.5) is 4.39 Å². The van der Waals surface area contributed by atoms with Gasteiger partial charge in [0.2, 0.25) is 5.88 Å². The molecule has 17 heavy (non-hydrogen) atoms. The van der Waals surface area contributed by atoms with Gasteiger partial charge in [-0.15, -0.1) is 5.10 Å². The molecular formula is C10H10BrFN4O. The monoisotopic (exact) mass is 300 g/mol. The van der Waals surface area contributed by atoms with E-state index in [1.165, 1.54) is 12.3 Å². The summed E-state index contributed by atoms with van der Waals surface area (Å²) in [5, 5.41) is 7.68. The van der Waals surface area contributed by atoms with E-state index in [0.717, 1.165) is 5.69 Å². The van der Waals surface area contributed by atoms with Gasteiger partial charge in [-0.05, 0) is 22.0 Å². The molecule has 0 N–H and O–H groups in total. The number of aromatic nitrogens is 4. The van der Waals surface area contributed by atoms with Gasteiger partial charge in [0.05, 0.1) is 12.3 Å². The lowest BCUT2D eigenvalue weighted by molar-refractivity contribution is 0.290. The number of aryl methyl sites for hydroxylation is 1. The van der Waals surface area contributed by atoms with Crippen LogP contribution in [-0.4, -0.2) is 26.6 Å². The van der Waals surface area contributed by atoms with Crippen LogP contribution in [0.1, 0.15) is 5.69 Å². The Morgan fingerprint density at radius 3 is 3.00 bits per heavy atom. The minimum atomic E-state index is -0.487. The Bertz CT molecular complexity index is 517. The molecule has 0 aliphatic rings. The van der Waals surface area contributed by atoms with Gasteiger partial charge in [0.15, 0.2) is 5.82 Å². The maximum Gasteiger partial charge on any atom is 0.250 e. The van der Waals surface area contributed by atoms with Crippen molar-refractivity contribution in [2.75, 3.05) is 6.61 Å². The van der Waals surface area contributed by atoms with E-state index in [2.05, 4.69) is 31.2 Å². The predicted molar refractivity (Wildman–Crippen MR) is 62.1 cm³/mol. The van der Waals surface area contributed by atoms with Gasteiger partial charge in [-0.3, -0.25) is 4.68 Å². The summed E-state index contributed by atoms with van der Waals surface area (Å²) in [7, 11) is 1.79. The van der Waals surface area contributed by atoms with Crippen molar-refractivity contribution in [3.8, 4) is 5.88 Å². The van der Waals surface area contributed by atoms with Crippen molar-refractivity contribution in [1.29, 1.82) is 0 Å². The Morgan fingerprint density at radius 1 is 1.53 bits per heavy atom. The molecule has 5 nitrogen and oxygen atoms in total. The van der Waals surface area contributed by atoms with Crippen LogP contribution in [0.25, 0.3) is 0 Å². The molecule has 0 bridgehead atoms. The van der Waals surface area contributed by atoms with E-state index >= 15 is 0 Å². The smallest absolute Gasteiger partial charge is 0.250 e. The Hall–Kier alpha value is -1.50. The summed E-state index contributed by atoms with van der Waals surface area (Å²) in [4.78, 5) is 3.83. The van der Waals surface area contributed by atoms with Crippen LogP contribution in [0, 0.1) is 5.82 Å². The summed E-state index contributed by atoms with van der Waals surface area (Å²) in [6, 6.07) is 1.31. The zero-order valence-corrected chi connectivity index (χ0v) is 10.7. The molecule has 0 spiro atoms. The van der Waals surface area contributed by atoms with Gasteiger partial charge in [0.1, 0.15) is 0 Å². The lowest BCUT2D eigenvalue weighted by Crippen LogP contribution is -2.04. The minimum absolute atomic E-state index is 0.00269. The van der Waals surface area contributed by atoms with Crippen LogP contribution in [0.2, 0.25) is 0 Å². The van der Waals surface area contributed by atoms with Crippen LogP contribution in [-0.2, 0) is 13.5 Å². The average molecular weight is 301 g/mol. The molecule has 2 heterocycles. The SMILES string of the molecule is Cn1cc(CCOc2ncc(Br)cc2F)nn1. The van der Waals surface area contributed by atoms with Crippen molar-refractivity contribution in [3.63, 3.8) is 0 Å². The lowest BCUT2D eigenvalue weighted by atomic mass is 10.3. The first kappa shape index (κ1) is 12.0. The van der Waals surface area contributed by atoms with Crippen LogP contribution in [0.5, 0.6) is 5.88 Å². The maximum atomic E-state index is 13.3. The number of pyridine rings is 1. The summed E-state index contributed by atoms with van der Waals surface area (Å²) in [5.41, 5.74) is 0.796. The second-order valence-electron chi connectivity index (χ2n) is 3.42. The van der Waals surface area contributed by atoms with Crippen molar-refractivity contribution in [2.45, 2.75) is 6.42 Å². The number of nitrogens with zero attached hydrogens (tertiary/aromatic N) is 4. The Labute approximate surface area is 106 Å². The number of halogens is 2. The topological polar surface area (TPSA) is 52.8 Å². The zero-order valence-electron chi connectivity index (χ0n) is 9.10. The van der Waals surface area contributed by atoms with Gasteiger partial charge >= 0.3 is 0 Å². The molecule has 2 rings (SSSR count). The second-order valence-corrected chi connectivity index (χ2v) is 4.34. The first-order valence-corrected chi connectivity index (χ1v) is 5.73. The third kappa shape index (κ3) is 3.23. The van der Waals surface area contributed by atoms with E-state index in [1.807, 2.05) is 0 Å². The van der Waals surface area contributed by atoms with Crippen molar-refractivity contribution < 1.29 is 9.13 Å². The normalized spacial score (nSPS) is 10.5. The fraction of sp³-hybridized carbons (Fsp3) is 0.300.